The Bertz CT molecular complexity index is 387. The maximum absolute atomic E-state index is 11.1. The largest absolute Gasteiger partial charge is 0.464 e. The lowest BCUT2D eigenvalue weighted by molar-refractivity contribution is -0.145. The van der Waals surface area contributed by atoms with Gasteiger partial charge in [0.05, 0.1) is 0 Å². The van der Waals surface area contributed by atoms with Crippen molar-refractivity contribution in [1.82, 2.24) is 5.32 Å². The van der Waals surface area contributed by atoms with Crippen LogP contribution in [0.5, 0.6) is 0 Å². The molecule has 0 aromatic heterocycles. The van der Waals surface area contributed by atoms with E-state index in [9.17, 15) is 4.79 Å². The summed E-state index contributed by atoms with van der Waals surface area (Å²) in [7, 11) is 0. The van der Waals surface area contributed by atoms with Gasteiger partial charge < -0.3 is 10.1 Å². The van der Waals surface area contributed by atoms with Crippen LogP contribution in [0.4, 0.5) is 0 Å². The summed E-state index contributed by atoms with van der Waals surface area (Å²) < 4.78 is 5.14. The van der Waals surface area contributed by atoms with Crippen LogP contribution in [0.3, 0.4) is 0 Å². The maximum atomic E-state index is 11.1. The summed E-state index contributed by atoms with van der Waals surface area (Å²) in [6.07, 6.45) is 0.410. The smallest absolute Gasteiger partial charge is 0.305 e. The molecule has 0 bridgehead atoms. The number of carbonyl (C=O) groups is 1. The van der Waals surface area contributed by atoms with Crippen molar-refractivity contribution in [2.75, 3.05) is 6.61 Å². The monoisotopic (exact) mass is 269 g/mol. The van der Waals surface area contributed by atoms with E-state index < -0.39 is 0 Å². The molecule has 0 aliphatic rings. The van der Waals surface area contributed by atoms with E-state index in [1.54, 1.807) is 6.92 Å². The molecule has 0 unspecified atom stereocenters. The highest BCUT2D eigenvalue weighted by Crippen LogP contribution is 2.11. The first-order valence-electron chi connectivity index (χ1n) is 6.08. The van der Waals surface area contributed by atoms with Crippen molar-refractivity contribution in [1.29, 1.82) is 0 Å². The molecule has 0 saturated carbocycles. The highest BCUT2D eigenvalue weighted by atomic mass is 35.5. The zero-order chi connectivity index (χ0) is 13.6. The van der Waals surface area contributed by atoms with Gasteiger partial charge in [0.2, 0.25) is 0 Å². The number of benzene rings is 1. The van der Waals surface area contributed by atoms with Crippen molar-refractivity contribution in [3.8, 4) is 0 Å². The Kier molecular flexibility index (Phi) is 5.63. The topological polar surface area (TPSA) is 38.3 Å². The summed E-state index contributed by atoms with van der Waals surface area (Å²) in [6.45, 7) is 6.88. The lowest BCUT2D eigenvalue weighted by Crippen LogP contribution is -2.43. The Labute approximate surface area is 113 Å². The second-order valence-corrected chi connectivity index (χ2v) is 5.31. The van der Waals surface area contributed by atoms with Gasteiger partial charge in [-0.25, -0.2) is 0 Å². The van der Waals surface area contributed by atoms with E-state index in [0.717, 1.165) is 10.6 Å². The predicted octanol–water partition coefficient (Wildman–Crippen LogP) is 3.16. The highest BCUT2D eigenvalue weighted by Gasteiger charge is 2.18. The van der Waals surface area contributed by atoms with Gasteiger partial charge >= 0.3 is 5.97 Å². The highest BCUT2D eigenvalue weighted by molar-refractivity contribution is 6.30. The normalized spacial score (nSPS) is 11.3. The van der Waals surface area contributed by atoms with Gasteiger partial charge in [-0.2, -0.15) is 0 Å². The summed E-state index contributed by atoms with van der Waals surface area (Å²) in [6, 6.07) is 7.68. The molecule has 0 spiro atoms. The standard InChI is InChI=1S/C14H20ClNO2/c1-4-13(17)18-10-14(2,3)16-9-11-5-7-12(15)8-6-11/h5-8,16H,4,9-10H2,1-3H3. The average Bonchev–Trinajstić information content (AvgIpc) is 2.35. The number of rotatable bonds is 6. The van der Waals surface area contributed by atoms with Crippen molar-refractivity contribution < 1.29 is 9.53 Å². The van der Waals surface area contributed by atoms with E-state index >= 15 is 0 Å². The number of halogens is 1. The minimum atomic E-state index is -0.246. The number of esters is 1. The zero-order valence-corrected chi connectivity index (χ0v) is 11.9. The predicted molar refractivity (Wildman–Crippen MR) is 73.6 cm³/mol. The van der Waals surface area contributed by atoms with E-state index in [0.29, 0.717) is 19.6 Å². The van der Waals surface area contributed by atoms with Crippen LogP contribution in [-0.4, -0.2) is 18.1 Å². The first-order chi connectivity index (χ1) is 8.43. The van der Waals surface area contributed by atoms with E-state index in [-0.39, 0.29) is 11.5 Å². The second-order valence-electron chi connectivity index (χ2n) is 4.88. The molecule has 0 aliphatic carbocycles. The minimum absolute atomic E-state index is 0.170. The van der Waals surface area contributed by atoms with Crippen molar-refractivity contribution in [3.63, 3.8) is 0 Å². The quantitative estimate of drug-likeness (QED) is 0.806. The van der Waals surface area contributed by atoms with Gasteiger partial charge in [-0.1, -0.05) is 30.7 Å². The zero-order valence-electron chi connectivity index (χ0n) is 11.1. The fourth-order valence-electron chi connectivity index (χ4n) is 1.36. The lowest BCUT2D eigenvalue weighted by Gasteiger charge is -2.26. The van der Waals surface area contributed by atoms with Gasteiger partial charge in [0.1, 0.15) is 6.61 Å². The SMILES string of the molecule is CCC(=O)OCC(C)(C)NCc1ccc(Cl)cc1. The molecular formula is C14H20ClNO2. The van der Waals surface area contributed by atoms with Crippen LogP contribution < -0.4 is 5.32 Å². The van der Waals surface area contributed by atoms with Gasteiger partial charge in [0.25, 0.3) is 0 Å². The van der Waals surface area contributed by atoms with Crippen LogP contribution in [0.2, 0.25) is 5.02 Å². The lowest BCUT2D eigenvalue weighted by atomic mass is 10.1. The molecule has 0 aliphatic heterocycles. The average molecular weight is 270 g/mol. The molecule has 0 radical (unpaired) electrons. The third kappa shape index (κ3) is 5.52. The maximum Gasteiger partial charge on any atom is 0.305 e. The molecule has 0 heterocycles. The molecule has 0 fully saturated rings. The fourth-order valence-corrected chi connectivity index (χ4v) is 1.48. The van der Waals surface area contributed by atoms with Crippen molar-refractivity contribution in [2.45, 2.75) is 39.3 Å². The number of nitrogens with one attached hydrogen (secondary N) is 1. The fraction of sp³-hybridized carbons (Fsp3) is 0.500. The molecule has 4 heteroatoms. The van der Waals surface area contributed by atoms with E-state index in [2.05, 4.69) is 5.32 Å². The summed E-state index contributed by atoms with van der Waals surface area (Å²) >= 11 is 5.82. The van der Waals surface area contributed by atoms with Crippen molar-refractivity contribution >= 4 is 17.6 Å². The third-order valence-electron chi connectivity index (χ3n) is 2.57. The number of hydrogen-bond acceptors (Lipinski definition) is 3. The molecule has 1 aromatic rings. The molecule has 18 heavy (non-hydrogen) atoms. The van der Waals surface area contributed by atoms with Gasteiger partial charge in [0, 0.05) is 23.5 Å². The molecule has 1 rings (SSSR count). The van der Waals surface area contributed by atoms with E-state index in [4.69, 9.17) is 16.3 Å². The molecule has 100 valence electrons. The first kappa shape index (κ1) is 15.0. The second kappa shape index (κ2) is 6.76. The number of ether oxygens (including phenoxy) is 1. The molecular weight excluding hydrogens is 250 g/mol. The van der Waals surface area contributed by atoms with Crippen LogP contribution in [-0.2, 0) is 16.1 Å². The van der Waals surface area contributed by atoms with Gasteiger partial charge in [-0.15, -0.1) is 0 Å². The van der Waals surface area contributed by atoms with Crippen molar-refractivity contribution in [2.24, 2.45) is 0 Å². The van der Waals surface area contributed by atoms with Gasteiger partial charge in [0.15, 0.2) is 0 Å². The van der Waals surface area contributed by atoms with E-state index in [1.807, 2.05) is 38.1 Å². The Morgan fingerprint density at radius 1 is 1.33 bits per heavy atom. The Balaban J connectivity index is 2.41. The molecule has 1 N–H and O–H groups in total. The summed E-state index contributed by atoms with van der Waals surface area (Å²) in [5.74, 6) is -0.170. The molecule has 0 saturated heterocycles. The summed E-state index contributed by atoms with van der Waals surface area (Å²) in [5, 5.41) is 4.09. The van der Waals surface area contributed by atoms with Crippen LogP contribution in [0.15, 0.2) is 24.3 Å². The van der Waals surface area contributed by atoms with Crippen molar-refractivity contribution in [3.05, 3.63) is 34.9 Å². The van der Waals surface area contributed by atoms with Crippen LogP contribution in [0.1, 0.15) is 32.8 Å². The molecule has 1 aromatic carbocycles. The third-order valence-corrected chi connectivity index (χ3v) is 2.82. The van der Waals surface area contributed by atoms with Crippen LogP contribution in [0.25, 0.3) is 0 Å². The molecule has 3 nitrogen and oxygen atoms in total. The summed E-state index contributed by atoms with van der Waals surface area (Å²) in [5.41, 5.74) is 0.902. The molecule has 0 amide bonds. The molecule has 0 atom stereocenters. The van der Waals surface area contributed by atoms with Crippen LogP contribution in [0, 0.1) is 0 Å². The summed E-state index contributed by atoms with van der Waals surface area (Å²) in [4.78, 5) is 11.1. The Hall–Kier alpha value is -1.06. The minimum Gasteiger partial charge on any atom is -0.464 e. The Morgan fingerprint density at radius 3 is 2.50 bits per heavy atom. The Morgan fingerprint density at radius 2 is 1.94 bits per heavy atom. The van der Waals surface area contributed by atoms with Crippen LogP contribution >= 0.6 is 11.6 Å². The number of hydrogen-bond donors (Lipinski definition) is 1. The van der Waals surface area contributed by atoms with Gasteiger partial charge in [-0.05, 0) is 31.5 Å². The van der Waals surface area contributed by atoms with Gasteiger partial charge in [-0.3, -0.25) is 4.79 Å². The number of carbonyl (C=O) groups excluding carboxylic acids is 1. The first-order valence-corrected chi connectivity index (χ1v) is 6.46. The van der Waals surface area contributed by atoms with E-state index in [1.165, 1.54) is 0 Å².